The maximum absolute atomic E-state index is 12.8. The van der Waals surface area contributed by atoms with Gasteiger partial charge in [-0.3, -0.25) is 9.59 Å². The molecule has 1 aliphatic heterocycles. The minimum Gasteiger partial charge on any atom is -0.497 e. The second-order valence-corrected chi connectivity index (χ2v) is 6.69. The molecule has 1 N–H and O–H groups in total. The number of aryl methyl sites for hydroxylation is 1. The van der Waals surface area contributed by atoms with Gasteiger partial charge < -0.3 is 19.4 Å². The Morgan fingerprint density at radius 2 is 2.08 bits per heavy atom. The van der Waals surface area contributed by atoms with Crippen LogP contribution in [0.15, 0.2) is 40.8 Å². The predicted octanol–water partition coefficient (Wildman–Crippen LogP) is 2.27. The maximum atomic E-state index is 12.8. The molecule has 0 saturated carbocycles. The summed E-state index contributed by atoms with van der Waals surface area (Å²) in [7, 11) is 1.61. The van der Waals surface area contributed by atoms with Gasteiger partial charge in [0.2, 0.25) is 11.8 Å². The van der Waals surface area contributed by atoms with Crippen LogP contribution in [0.3, 0.4) is 0 Å². The first-order valence-corrected chi connectivity index (χ1v) is 8.70. The van der Waals surface area contributed by atoms with Gasteiger partial charge in [-0.2, -0.15) is 0 Å². The van der Waals surface area contributed by atoms with Gasteiger partial charge in [-0.05, 0) is 36.8 Å². The van der Waals surface area contributed by atoms with Crippen LogP contribution >= 0.6 is 0 Å². The Hall–Kier alpha value is -2.76. The van der Waals surface area contributed by atoms with E-state index in [9.17, 15) is 9.59 Å². The lowest BCUT2D eigenvalue weighted by atomic mass is 10.0. The number of furan rings is 1. The lowest BCUT2D eigenvalue weighted by Gasteiger charge is -2.17. The third-order valence-corrected chi connectivity index (χ3v) is 4.68. The van der Waals surface area contributed by atoms with Crippen LogP contribution in [0.2, 0.25) is 0 Å². The highest BCUT2D eigenvalue weighted by Gasteiger charge is 2.38. The van der Waals surface area contributed by atoms with E-state index in [0.717, 1.165) is 22.8 Å². The predicted molar refractivity (Wildman–Crippen MR) is 97.1 cm³/mol. The van der Waals surface area contributed by atoms with Gasteiger partial charge in [-0.25, -0.2) is 0 Å². The number of hydrogen-bond donors (Lipinski definition) is 1. The van der Waals surface area contributed by atoms with E-state index in [0.29, 0.717) is 19.5 Å². The van der Waals surface area contributed by atoms with Gasteiger partial charge in [-0.1, -0.05) is 12.1 Å². The fourth-order valence-corrected chi connectivity index (χ4v) is 3.42. The molecule has 26 heavy (non-hydrogen) atoms. The van der Waals surface area contributed by atoms with Crippen molar-refractivity contribution in [1.29, 1.82) is 0 Å². The fraction of sp³-hybridized carbons (Fsp3) is 0.400. The van der Waals surface area contributed by atoms with Crippen molar-refractivity contribution in [3.63, 3.8) is 0 Å². The number of ether oxygens (including phenoxy) is 1. The van der Waals surface area contributed by atoms with Crippen LogP contribution in [0.4, 0.5) is 0 Å². The van der Waals surface area contributed by atoms with Gasteiger partial charge in [0.15, 0.2) is 0 Å². The summed E-state index contributed by atoms with van der Waals surface area (Å²) in [6.07, 6.45) is 0.299. The molecule has 1 aromatic heterocycles. The van der Waals surface area contributed by atoms with Crippen molar-refractivity contribution in [2.45, 2.75) is 32.2 Å². The quantitative estimate of drug-likeness (QED) is 0.892. The second kappa shape index (κ2) is 7.64. The van der Waals surface area contributed by atoms with Crippen molar-refractivity contribution in [2.75, 3.05) is 20.2 Å². The number of carbonyl (C=O) groups excluding carboxylic acids is 2. The van der Waals surface area contributed by atoms with Gasteiger partial charge in [-0.15, -0.1) is 0 Å². The van der Waals surface area contributed by atoms with Crippen molar-refractivity contribution < 1.29 is 18.7 Å². The smallest absolute Gasteiger partial charge is 0.227 e. The van der Waals surface area contributed by atoms with Crippen molar-refractivity contribution >= 4 is 11.8 Å². The van der Waals surface area contributed by atoms with E-state index in [4.69, 9.17) is 9.15 Å². The normalized spacial score (nSPS) is 19.4. The van der Waals surface area contributed by atoms with Crippen LogP contribution in [-0.2, 0) is 16.0 Å². The standard InChI is InChI=1S/C20H24N2O4/c1-13-7-8-19(26-13)17-11-22(12-18(17)21-14(2)23)20(24)10-15-5-4-6-16(9-15)25-3/h4-9,17-18H,10-12H2,1-3H3,(H,21,23)/t17-,18-/m0/s1. The molecule has 0 unspecified atom stereocenters. The summed E-state index contributed by atoms with van der Waals surface area (Å²) < 4.78 is 11.0. The molecule has 0 radical (unpaired) electrons. The average Bonchev–Trinajstić information content (AvgIpc) is 3.20. The highest BCUT2D eigenvalue weighted by molar-refractivity contribution is 5.80. The molecule has 2 aromatic rings. The molecule has 6 nitrogen and oxygen atoms in total. The van der Waals surface area contributed by atoms with E-state index in [2.05, 4.69) is 5.32 Å². The summed E-state index contributed by atoms with van der Waals surface area (Å²) in [4.78, 5) is 26.1. The number of rotatable bonds is 5. The van der Waals surface area contributed by atoms with Crippen LogP contribution in [0.1, 0.15) is 29.9 Å². The summed E-state index contributed by atoms with van der Waals surface area (Å²) in [6.45, 7) is 4.39. The largest absolute Gasteiger partial charge is 0.497 e. The zero-order valence-corrected chi connectivity index (χ0v) is 15.3. The molecule has 138 valence electrons. The number of likely N-dealkylation sites (tertiary alicyclic amines) is 1. The first-order valence-electron chi connectivity index (χ1n) is 8.70. The number of carbonyl (C=O) groups is 2. The molecule has 3 rings (SSSR count). The number of nitrogens with one attached hydrogen (secondary N) is 1. The summed E-state index contributed by atoms with van der Waals surface area (Å²) in [5.41, 5.74) is 0.905. The monoisotopic (exact) mass is 356 g/mol. The Balaban J connectivity index is 1.73. The zero-order chi connectivity index (χ0) is 18.7. The minimum atomic E-state index is -0.146. The van der Waals surface area contributed by atoms with Crippen LogP contribution in [-0.4, -0.2) is 43.0 Å². The summed E-state index contributed by atoms with van der Waals surface area (Å²) in [5, 5.41) is 2.95. The SMILES string of the molecule is COc1cccc(CC(=O)N2C[C@H](NC(C)=O)[C@@H](c3ccc(C)o3)C2)c1. The van der Waals surface area contributed by atoms with E-state index >= 15 is 0 Å². The molecular weight excluding hydrogens is 332 g/mol. The average molecular weight is 356 g/mol. The van der Waals surface area contributed by atoms with Crippen molar-refractivity contribution in [2.24, 2.45) is 0 Å². The molecule has 6 heteroatoms. The van der Waals surface area contributed by atoms with E-state index in [1.807, 2.05) is 43.3 Å². The number of nitrogens with zero attached hydrogens (tertiary/aromatic N) is 1. The van der Waals surface area contributed by atoms with E-state index in [1.165, 1.54) is 6.92 Å². The third-order valence-electron chi connectivity index (χ3n) is 4.68. The summed E-state index contributed by atoms with van der Waals surface area (Å²) >= 11 is 0. The van der Waals surface area contributed by atoms with Gasteiger partial charge in [0.1, 0.15) is 17.3 Å². The topological polar surface area (TPSA) is 71.8 Å². The highest BCUT2D eigenvalue weighted by Crippen LogP contribution is 2.29. The Labute approximate surface area is 153 Å². The van der Waals surface area contributed by atoms with Crippen molar-refractivity contribution in [1.82, 2.24) is 10.2 Å². The van der Waals surface area contributed by atoms with Gasteiger partial charge in [0.05, 0.1) is 25.5 Å². The Bertz CT molecular complexity index is 799. The van der Waals surface area contributed by atoms with E-state index < -0.39 is 0 Å². The number of amides is 2. The van der Waals surface area contributed by atoms with Gasteiger partial charge >= 0.3 is 0 Å². The lowest BCUT2D eigenvalue weighted by molar-refractivity contribution is -0.129. The molecule has 2 amide bonds. The lowest BCUT2D eigenvalue weighted by Crippen LogP contribution is -2.39. The minimum absolute atomic E-state index is 0.0272. The molecule has 0 aliphatic carbocycles. The molecule has 1 aliphatic rings. The van der Waals surface area contributed by atoms with Crippen LogP contribution < -0.4 is 10.1 Å². The third kappa shape index (κ3) is 4.07. The van der Waals surface area contributed by atoms with Crippen molar-refractivity contribution in [3.05, 3.63) is 53.5 Å². The molecule has 0 bridgehead atoms. The fourth-order valence-electron chi connectivity index (χ4n) is 3.42. The number of benzene rings is 1. The molecular formula is C20H24N2O4. The first kappa shape index (κ1) is 18.0. The molecule has 2 atom stereocenters. The Morgan fingerprint density at radius 1 is 1.27 bits per heavy atom. The molecule has 2 heterocycles. The van der Waals surface area contributed by atoms with Gasteiger partial charge in [0.25, 0.3) is 0 Å². The molecule has 1 saturated heterocycles. The Morgan fingerprint density at radius 3 is 2.73 bits per heavy atom. The zero-order valence-electron chi connectivity index (χ0n) is 15.3. The van der Waals surface area contributed by atoms with Crippen LogP contribution in [0.5, 0.6) is 5.75 Å². The molecule has 1 aromatic carbocycles. The number of hydrogen-bond acceptors (Lipinski definition) is 4. The van der Waals surface area contributed by atoms with E-state index in [-0.39, 0.29) is 23.8 Å². The molecule has 1 fully saturated rings. The second-order valence-electron chi connectivity index (χ2n) is 6.69. The van der Waals surface area contributed by atoms with Crippen LogP contribution in [0.25, 0.3) is 0 Å². The first-order chi connectivity index (χ1) is 12.5. The van der Waals surface area contributed by atoms with Gasteiger partial charge in [0, 0.05) is 20.0 Å². The highest BCUT2D eigenvalue weighted by atomic mass is 16.5. The number of methoxy groups -OCH3 is 1. The van der Waals surface area contributed by atoms with Crippen LogP contribution in [0, 0.1) is 6.92 Å². The Kier molecular flexibility index (Phi) is 5.30. The molecule has 0 spiro atoms. The van der Waals surface area contributed by atoms with E-state index in [1.54, 1.807) is 12.0 Å². The van der Waals surface area contributed by atoms with Crippen molar-refractivity contribution in [3.8, 4) is 5.75 Å². The summed E-state index contributed by atoms with van der Waals surface area (Å²) in [6, 6.07) is 11.2. The maximum Gasteiger partial charge on any atom is 0.227 e. The summed E-state index contributed by atoms with van der Waals surface area (Å²) in [5.74, 6) is 2.24.